The van der Waals surface area contributed by atoms with Gasteiger partial charge in [0.15, 0.2) is 0 Å². The molecule has 0 atom stereocenters. The van der Waals surface area contributed by atoms with Gasteiger partial charge in [0.1, 0.15) is 0 Å². The first-order valence-corrected chi connectivity index (χ1v) is 6.61. The van der Waals surface area contributed by atoms with Crippen LogP contribution in [0.1, 0.15) is 22.3 Å². The van der Waals surface area contributed by atoms with Crippen LogP contribution in [-0.4, -0.2) is 0 Å². The zero-order valence-corrected chi connectivity index (χ0v) is 10.2. The maximum atomic E-state index is 2.26. The Hall–Kier alpha value is -1.21. The second-order valence-corrected chi connectivity index (χ2v) is 5.28. The fraction of sp³-hybridized carbons (Fsp3) is 0.200. The molecule has 2 aromatic rings. The van der Waals surface area contributed by atoms with Crippen LogP contribution >= 0.6 is 11.8 Å². The molecule has 0 bridgehead atoms. The Morgan fingerprint density at radius 3 is 2.50 bits per heavy atom. The van der Waals surface area contributed by atoms with Gasteiger partial charge < -0.3 is 0 Å². The Bertz CT molecular complexity index is 529. The molecule has 3 rings (SSSR count). The molecule has 0 saturated carbocycles. The lowest BCUT2D eigenvalue weighted by Gasteiger charge is -2.07. The Morgan fingerprint density at radius 1 is 0.875 bits per heavy atom. The van der Waals surface area contributed by atoms with Crippen molar-refractivity contribution in [3.05, 3.63) is 64.7 Å². The SMILES string of the molecule is Cc1cccc2c1SCc1ccccc1C2. The number of fused-ring (bicyclic) bond motifs is 2. The van der Waals surface area contributed by atoms with E-state index in [2.05, 4.69) is 49.4 Å². The summed E-state index contributed by atoms with van der Waals surface area (Å²) < 4.78 is 0. The summed E-state index contributed by atoms with van der Waals surface area (Å²) in [5.74, 6) is 1.11. The van der Waals surface area contributed by atoms with E-state index in [0.29, 0.717) is 0 Å². The monoisotopic (exact) mass is 226 g/mol. The van der Waals surface area contributed by atoms with Crippen LogP contribution in [0.5, 0.6) is 0 Å². The summed E-state index contributed by atoms with van der Waals surface area (Å²) in [5.41, 5.74) is 5.87. The van der Waals surface area contributed by atoms with Crippen LogP contribution in [0.4, 0.5) is 0 Å². The predicted octanol–water partition coefficient (Wildman–Crippen LogP) is 4.19. The van der Waals surface area contributed by atoms with Crippen molar-refractivity contribution >= 4 is 11.8 Å². The molecule has 80 valence electrons. The second-order valence-electron chi connectivity index (χ2n) is 4.30. The van der Waals surface area contributed by atoms with Crippen molar-refractivity contribution in [1.29, 1.82) is 0 Å². The van der Waals surface area contributed by atoms with Crippen molar-refractivity contribution in [2.45, 2.75) is 24.0 Å². The summed E-state index contributed by atoms with van der Waals surface area (Å²) in [5, 5.41) is 0. The van der Waals surface area contributed by atoms with Gasteiger partial charge >= 0.3 is 0 Å². The zero-order chi connectivity index (χ0) is 11.0. The minimum atomic E-state index is 1.08. The average molecular weight is 226 g/mol. The maximum Gasteiger partial charge on any atom is 0.0235 e. The first kappa shape index (κ1) is 9.98. The summed E-state index contributed by atoms with van der Waals surface area (Å²) in [7, 11) is 0. The van der Waals surface area contributed by atoms with E-state index in [-0.39, 0.29) is 0 Å². The van der Waals surface area contributed by atoms with E-state index in [9.17, 15) is 0 Å². The number of benzene rings is 2. The van der Waals surface area contributed by atoms with Crippen LogP contribution < -0.4 is 0 Å². The van der Waals surface area contributed by atoms with E-state index in [4.69, 9.17) is 0 Å². The Labute approximate surface area is 101 Å². The van der Waals surface area contributed by atoms with Gasteiger partial charge in [-0.15, -0.1) is 11.8 Å². The standard InChI is InChI=1S/C15H14S/c1-11-5-4-8-13-9-12-6-2-3-7-14(12)10-16-15(11)13/h2-8H,9-10H2,1H3. The van der Waals surface area contributed by atoms with Gasteiger partial charge in [0.05, 0.1) is 0 Å². The molecule has 0 radical (unpaired) electrons. The molecule has 0 fully saturated rings. The molecule has 0 nitrogen and oxygen atoms in total. The molecule has 0 amide bonds. The predicted molar refractivity (Wildman–Crippen MR) is 70.0 cm³/mol. The van der Waals surface area contributed by atoms with Crippen molar-refractivity contribution in [2.24, 2.45) is 0 Å². The van der Waals surface area contributed by atoms with Crippen molar-refractivity contribution in [3.8, 4) is 0 Å². The average Bonchev–Trinajstić information content (AvgIpc) is 2.48. The summed E-state index contributed by atoms with van der Waals surface area (Å²) in [4.78, 5) is 1.48. The zero-order valence-electron chi connectivity index (χ0n) is 9.36. The molecule has 16 heavy (non-hydrogen) atoms. The van der Waals surface area contributed by atoms with E-state index < -0.39 is 0 Å². The third-order valence-electron chi connectivity index (χ3n) is 3.16. The van der Waals surface area contributed by atoms with Gasteiger partial charge in [0.25, 0.3) is 0 Å². The van der Waals surface area contributed by atoms with E-state index in [0.717, 1.165) is 12.2 Å². The lowest BCUT2D eigenvalue weighted by molar-refractivity contribution is 1.10. The molecule has 1 aliphatic heterocycles. The molecule has 0 unspecified atom stereocenters. The largest absolute Gasteiger partial charge is 0.121 e. The van der Waals surface area contributed by atoms with Gasteiger partial charge in [-0.2, -0.15) is 0 Å². The summed E-state index contributed by atoms with van der Waals surface area (Å²) in [6.07, 6.45) is 1.08. The molecule has 1 aliphatic rings. The van der Waals surface area contributed by atoms with Crippen molar-refractivity contribution in [3.63, 3.8) is 0 Å². The Kier molecular flexibility index (Phi) is 2.49. The highest BCUT2D eigenvalue weighted by atomic mass is 32.2. The molecule has 0 aliphatic carbocycles. The van der Waals surface area contributed by atoms with Crippen LogP contribution in [0.2, 0.25) is 0 Å². The van der Waals surface area contributed by atoms with Crippen LogP contribution in [0.25, 0.3) is 0 Å². The van der Waals surface area contributed by atoms with Crippen LogP contribution in [-0.2, 0) is 12.2 Å². The Balaban J connectivity index is 2.12. The first-order chi connectivity index (χ1) is 7.84. The van der Waals surface area contributed by atoms with E-state index in [1.807, 2.05) is 11.8 Å². The third kappa shape index (κ3) is 1.65. The van der Waals surface area contributed by atoms with Crippen LogP contribution in [0, 0.1) is 6.92 Å². The molecular formula is C15H14S. The molecule has 1 heteroatoms. The minimum Gasteiger partial charge on any atom is -0.121 e. The number of hydrogen-bond acceptors (Lipinski definition) is 1. The van der Waals surface area contributed by atoms with Gasteiger partial charge in [0, 0.05) is 10.6 Å². The molecular weight excluding hydrogens is 212 g/mol. The summed E-state index contributed by atoms with van der Waals surface area (Å²) in [6, 6.07) is 15.4. The lowest BCUT2D eigenvalue weighted by atomic mass is 10.00. The fourth-order valence-corrected chi connectivity index (χ4v) is 3.49. The summed E-state index contributed by atoms with van der Waals surface area (Å²) in [6.45, 7) is 2.21. The first-order valence-electron chi connectivity index (χ1n) is 5.62. The van der Waals surface area contributed by atoms with Crippen molar-refractivity contribution in [2.75, 3.05) is 0 Å². The highest BCUT2D eigenvalue weighted by Gasteiger charge is 2.14. The molecule has 0 N–H and O–H groups in total. The number of hydrogen-bond donors (Lipinski definition) is 0. The minimum absolute atomic E-state index is 1.08. The number of aryl methyl sites for hydroxylation is 1. The quantitative estimate of drug-likeness (QED) is 0.649. The molecule has 0 aromatic heterocycles. The second kappa shape index (κ2) is 3.99. The lowest BCUT2D eigenvalue weighted by Crippen LogP contribution is -1.91. The van der Waals surface area contributed by atoms with Gasteiger partial charge in [-0.1, -0.05) is 42.5 Å². The molecule has 2 aromatic carbocycles. The fourth-order valence-electron chi connectivity index (χ4n) is 2.28. The molecule has 1 heterocycles. The van der Waals surface area contributed by atoms with Gasteiger partial charge in [0.2, 0.25) is 0 Å². The van der Waals surface area contributed by atoms with E-state index in [1.54, 1.807) is 0 Å². The topological polar surface area (TPSA) is 0 Å². The van der Waals surface area contributed by atoms with E-state index in [1.165, 1.54) is 27.1 Å². The normalized spacial score (nSPS) is 13.8. The van der Waals surface area contributed by atoms with E-state index >= 15 is 0 Å². The molecule has 0 spiro atoms. The maximum absolute atomic E-state index is 2.26. The van der Waals surface area contributed by atoms with Gasteiger partial charge in [-0.05, 0) is 35.6 Å². The van der Waals surface area contributed by atoms with Gasteiger partial charge in [-0.25, -0.2) is 0 Å². The number of rotatable bonds is 0. The van der Waals surface area contributed by atoms with Gasteiger partial charge in [-0.3, -0.25) is 0 Å². The van der Waals surface area contributed by atoms with Crippen LogP contribution in [0.15, 0.2) is 47.4 Å². The highest BCUT2D eigenvalue weighted by molar-refractivity contribution is 7.98. The molecule has 0 saturated heterocycles. The Morgan fingerprint density at radius 2 is 1.62 bits per heavy atom. The number of thioether (sulfide) groups is 1. The summed E-state index contributed by atoms with van der Waals surface area (Å²) >= 11 is 1.98. The van der Waals surface area contributed by atoms with Crippen LogP contribution in [0.3, 0.4) is 0 Å². The van der Waals surface area contributed by atoms with Crippen molar-refractivity contribution in [1.82, 2.24) is 0 Å². The smallest absolute Gasteiger partial charge is 0.0235 e. The third-order valence-corrected chi connectivity index (χ3v) is 4.49. The van der Waals surface area contributed by atoms with Crippen molar-refractivity contribution < 1.29 is 0 Å². The highest BCUT2D eigenvalue weighted by Crippen LogP contribution is 2.35.